The van der Waals surface area contributed by atoms with Crippen LogP contribution in [0.5, 0.6) is 0 Å². The number of rotatable bonds is 5. The minimum atomic E-state index is -0.650. The first-order chi connectivity index (χ1) is 15.5. The van der Waals surface area contributed by atoms with Gasteiger partial charge in [0.2, 0.25) is 6.04 Å². The molecule has 2 aromatic carbocycles. The first-order valence-electron chi connectivity index (χ1n) is 10.3. The number of benzene rings is 2. The highest BCUT2D eigenvalue weighted by Crippen LogP contribution is 2.26. The smallest absolute Gasteiger partial charge is 0.359 e. The van der Waals surface area contributed by atoms with E-state index in [0.717, 1.165) is 11.3 Å². The molecule has 1 N–H and O–H groups in total. The average Bonchev–Trinajstić information content (AvgIpc) is 3.34. The second-order valence-corrected chi connectivity index (χ2v) is 7.79. The Morgan fingerprint density at radius 1 is 1.03 bits per heavy atom. The number of halogens is 2. The highest BCUT2D eigenvalue weighted by atomic mass is 19.1. The number of anilines is 1. The largest absolute Gasteiger partial charge is 0.466 e. The average molecular weight is 432 g/mol. The molecule has 5 rings (SSSR count). The van der Waals surface area contributed by atoms with Crippen molar-refractivity contribution in [2.75, 3.05) is 5.32 Å². The van der Waals surface area contributed by atoms with Gasteiger partial charge in [-0.3, -0.25) is 5.32 Å². The summed E-state index contributed by atoms with van der Waals surface area (Å²) in [4.78, 5) is 17.9. The van der Waals surface area contributed by atoms with Crippen LogP contribution in [-0.4, -0.2) is 16.9 Å². The van der Waals surface area contributed by atoms with Crippen molar-refractivity contribution in [3.63, 3.8) is 0 Å². The van der Waals surface area contributed by atoms with Crippen LogP contribution >= 0.6 is 0 Å². The van der Waals surface area contributed by atoms with Gasteiger partial charge in [-0.2, -0.15) is 4.57 Å². The quantitative estimate of drug-likeness (QED) is 0.473. The van der Waals surface area contributed by atoms with Crippen LogP contribution in [0.1, 0.15) is 27.6 Å². The molecule has 0 spiro atoms. The summed E-state index contributed by atoms with van der Waals surface area (Å²) in [7, 11) is 0. The van der Waals surface area contributed by atoms with Crippen molar-refractivity contribution in [1.82, 2.24) is 4.98 Å². The molecule has 1 unspecified atom stereocenters. The lowest BCUT2D eigenvalue weighted by molar-refractivity contribution is -0.552. The molecule has 0 amide bonds. The Labute approximate surface area is 183 Å². The summed E-state index contributed by atoms with van der Waals surface area (Å²) in [5.41, 5.74) is 1.65. The third kappa shape index (κ3) is 3.66. The van der Waals surface area contributed by atoms with Gasteiger partial charge in [0.1, 0.15) is 40.7 Å². The monoisotopic (exact) mass is 432 g/mol. The van der Waals surface area contributed by atoms with E-state index >= 15 is 0 Å². The lowest BCUT2D eigenvalue weighted by Crippen LogP contribution is -2.44. The Kier molecular flexibility index (Phi) is 5.01. The van der Waals surface area contributed by atoms with Crippen molar-refractivity contribution >= 4 is 11.7 Å². The summed E-state index contributed by atoms with van der Waals surface area (Å²) in [5.74, 6) is 0.402. The molecule has 0 bridgehead atoms. The van der Waals surface area contributed by atoms with Crippen LogP contribution in [0.3, 0.4) is 0 Å². The predicted octanol–water partition coefficient (Wildman–Crippen LogP) is 4.48. The van der Waals surface area contributed by atoms with E-state index in [1.54, 1.807) is 6.20 Å². The zero-order valence-corrected chi connectivity index (χ0v) is 17.3. The molecular formula is C25H20F2N3O2+. The summed E-state index contributed by atoms with van der Waals surface area (Å²) in [5, 5.41) is 3.19. The molecule has 3 heterocycles. The van der Waals surface area contributed by atoms with Gasteiger partial charge in [0.15, 0.2) is 0 Å². The van der Waals surface area contributed by atoms with Crippen LogP contribution < -0.4 is 9.88 Å². The first kappa shape index (κ1) is 20.1. The summed E-state index contributed by atoms with van der Waals surface area (Å²) >= 11 is 0. The molecule has 0 fully saturated rings. The second-order valence-electron chi connectivity index (χ2n) is 7.79. The van der Waals surface area contributed by atoms with Crippen LogP contribution in [0.25, 0.3) is 11.3 Å². The minimum absolute atomic E-state index is 0.0904. The maximum absolute atomic E-state index is 14.4. The lowest BCUT2D eigenvalue weighted by atomic mass is 10.1. The number of fused-ring (bicyclic) bond motifs is 1. The molecule has 1 aliphatic rings. The van der Waals surface area contributed by atoms with Crippen LogP contribution in [0.4, 0.5) is 14.6 Å². The Morgan fingerprint density at radius 3 is 2.47 bits per heavy atom. The zero-order chi connectivity index (χ0) is 22.2. The molecule has 0 saturated carbocycles. The SMILES string of the molecule is Cc1ccc(CC2Nc3c(Cc4c(F)cccc4F)nc(-c4ccccc4)c[n+]3C2=O)o1. The fourth-order valence-electron chi connectivity index (χ4n) is 3.95. The molecule has 0 saturated heterocycles. The topological polar surface area (TPSA) is 59.0 Å². The van der Waals surface area contributed by atoms with E-state index in [2.05, 4.69) is 10.3 Å². The number of aryl methyl sites for hydroxylation is 1. The zero-order valence-electron chi connectivity index (χ0n) is 17.3. The molecule has 7 heteroatoms. The molecule has 0 aliphatic carbocycles. The number of nitrogens with one attached hydrogen (secondary N) is 1. The van der Waals surface area contributed by atoms with Crippen molar-refractivity contribution in [2.24, 2.45) is 0 Å². The van der Waals surface area contributed by atoms with Gasteiger partial charge >= 0.3 is 11.7 Å². The van der Waals surface area contributed by atoms with E-state index in [4.69, 9.17) is 4.42 Å². The van der Waals surface area contributed by atoms with Crippen LogP contribution in [0.15, 0.2) is 71.3 Å². The molecule has 2 aromatic heterocycles. The van der Waals surface area contributed by atoms with E-state index < -0.39 is 17.7 Å². The number of nitrogens with zero attached hydrogens (tertiary/aromatic N) is 2. The highest BCUT2D eigenvalue weighted by molar-refractivity contribution is 5.82. The van der Waals surface area contributed by atoms with Crippen molar-refractivity contribution in [3.05, 3.63) is 101 Å². The maximum Gasteiger partial charge on any atom is 0.359 e. The summed E-state index contributed by atoms with van der Waals surface area (Å²) in [6.07, 6.45) is 1.92. The summed E-state index contributed by atoms with van der Waals surface area (Å²) < 4.78 is 35.9. The molecule has 32 heavy (non-hydrogen) atoms. The van der Waals surface area contributed by atoms with E-state index in [0.29, 0.717) is 29.4 Å². The first-order valence-corrected chi connectivity index (χ1v) is 10.3. The number of hydrogen-bond acceptors (Lipinski definition) is 4. The normalized spacial score (nSPS) is 15.0. The van der Waals surface area contributed by atoms with E-state index in [1.165, 1.54) is 22.8 Å². The fraction of sp³-hybridized carbons (Fsp3) is 0.160. The molecule has 0 radical (unpaired) electrons. The summed E-state index contributed by atoms with van der Waals surface area (Å²) in [6.45, 7) is 1.84. The van der Waals surface area contributed by atoms with Gasteiger partial charge in [-0.1, -0.05) is 36.4 Å². The van der Waals surface area contributed by atoms with E-state index in [-0.39, 0.29) is 17.9 Å². The van der Waals surface area contributed by atoms with Gasteiger partial charge < -0.3 is 4.42 Å². The standard InChI is InChI=1S/C25H19F2N3O2/c1-15-10-11-17(32-15)12-22-25(31)30-14-23(16-6-3-2-4-7-16)28-21(24(30)29-22)13-18-19(26)8-5-9-20(18)27/h2-11,14,22H,12-13H2,1H3/p+1. The van der Waals surface area contributed by atoms with Gasteiger partial charge in [0.05, 0.1) is 6.42 Å². The van der Waals surface area contributed by atoms with Crippen LogP contribution in [0, 0.1) is 18.6 Å². The predicted molar refractivity (Wildman–Crippen MR) is 114 cm³/mol. The molecule has 4 aromatic rings. The number of carbonyl (C=O) groups is 1. The lowest BCUT2D eigenvalue weighted by Gasteiger charge is -2.08. The summed E-state index contributed by atoms with van der Waals surface area (Å²) in [6, 6.07) is 16.2. The molecule has 1 atom stereocenters. The molecule has 1 aliphatic heterocycles. The second kappa shape index (κ2) is 8.00. The number of hydrogen-bond donors (Lipinski definition) is 1. The Balaban J connectivity index is 1.58. The third-order valence-corrected chi connectivity index (χ3v) is 5.54. The number of aromatic nitrogens is 2. The van der Waals surface area contributed by atoms with Gasteiger partial charge in [0.25, 0.3) is 0 Å². The van der Waals surface area contributed by atoms with Gasteiger partial charge in [-0.25, -0.2) is 18.6 Å². The number of furan rings is 1. The Morgan fingerprint density at radius 2 is 1.78 bits per heavy atom. The van der Waals surface area contributed by atoms with E-state index in [1.807, 2.05) is 49.4 Å². The fourth-order valence-corrected chi connectivity index (χ4v) is 3.95. The highest BCUT2D eigenvalue weighted by Gasteiger charge is 2.41. The minimum Gasteiger partial charge on any atom is -0.466 e. The van der Waals surface area contributed by atoms with Gasteiger partial charge in [0, 0.05) is 17.5 Å². The maximum atomic E-state index is 14.4. The number of carbonyl (C=O) groups excluding carboxylic acids is 1. The third-order valence-electron chi connectivity index (χ3n) is 5.54. The van der Waals surface area contributed by atoms with Crippen LogP contribution in [0.2, 0.25) is 0 Å². The van der Waals surface area contributed by atoms with Crippen LogP contribution in [-0.2, 0) is 12.8 Å². The van der Waals surface area contributed by atoms with Gasteiger partial charge in [-0.05, 0) is 31.2 Å². The van der Waals surface area contributed by atoms with Crippen molar-refractivity contribution in [2.45, 2.75) is 25.8 Å². The Hall–Kier alpha value is -3.87. The Bertz CT molecular complexity index is 1300. The van der Waals surface area contributed by atoms with Gasteiger partial charge in [-0.15, -0.1) is 0 Å². The van der Waals surface area contributed by atoms with Crippen molar-refractivity contribution < 1.29 is 22.6 Å². The van der Waals surface area contributed by atoms with Crippen molar-refractivity contribution in [1.29, 1.82) is 0 Å². The molecular weight excluding hydrogens is 412 g/mol. The van der Waals surface area contributed by atoms with Crippen molar-refractivity contribution in [3.8, 4) is 11.3 Å². The molecule has 160 valence electrons. The molecule has 5 nitrogen and oxygen atoms in total. The van der Waals surface area contributed by atoms with E-state index in [9.17, 15) is 13.6 Å².